The van der Waals surface area contributed by atoms with Crippen molar-refractivity contribution >= 4 is 32.3 Å². The van der Waals surface area contributed by atoms with Crippen molar-refractivity contribution in [2.75, 3.05) is 16.8 Å². The van der Waals surface area contributed by atoms with Crippen LogP contribution >= 0.6 is 0 Å². The van der Waals surface area contributed by atoms with Gasteiger partial charge < -0.3 is 5.32 Å². The van der Waals surface area contributed by atoms with E-state index in [0.29, 0.717) is 34.4 Å². The molecule has 9 nitrogen and oxygen atoms in total. The number of H-pyrrole nitrogens is 1. The zero-order chi connectivity index (χ0) is 19.9. The Balaban J connectivity index is 1.57. The van der Waals surface area contributed by atoms with Crippen molar-refractivity contribution in [1.82, 2.24) is 20.0 Å². The molecular weight excluding hydrogens is 382 g/mol. The van der Waals surface area contributed by atoms with Gasteiger partial charge in [0.05, 0.1) is 40.7 Å². The Morgan fingerprint density at radius 3 is 2.79 bits per heavy atom. The van der Waals surface area contributed by atoms with Crippen molar-refractivity contribution in [1.29, 1.82) is 0 Å². The number of carbonyl (C=O) groups excluding carboxylic acids is 1. The number of aryl methyl sites for hydroxylation is 1. The second kappa shape index (κ2) is 6.86. The van der Waals surface area contributed by atoms with Gasteiger partial charge in [0, 0.05) is 11.5 Å². The molecule has 28 heavy (non-hydrogen) atoms. The summed E-state index contributed by atoms with van der Waals surface area (Å²) in [6.45, 7) is 1.78. The van der Waals surface area contributed by atoms with Gasteiger partial charge in [0.1, 0.15) is 5.82 Å². The Bertz CT molecular complexity index is 1230. The first-order chi connectivity index (χ1) is 13.3. The monoisotopic (exact) mass is 401 g/mol. The maximum absolute atomic E-state index is 12.6. The Morgan fingerprint density at radius 1 is 1.32 bits per heavy atom. The van der Waals surface area contributed by atoms with E-state index >= 15 is 0 Å². The number of hydrogen-bond acceptors (Lipinski definition) is 6. The lowest BCUT2D eigenvalue weighted by Gasteiger charge is -2.14. The van der Waals surface area contributed by atoms with E-state index in [0.717, 1.165) is 0 Å². The molecule has 1 amide bonds. The van der Waals surface area contributed by atoms with E-state index in [2.05, 4.69) is 20.6 Å². The van der Waals surface area contributed by atoms with Crippen LogP contribution in [0.3, 0.4) is 0 Å². The van der Waals surface area contributed by atoms with E-state index in [1.807, 2.05) is 0 Å². The van der Waals surface area contributed by atoms with Crippen LogP contribution in [0.25, 0.3) is 10.8 Å². The molecule has 0 unspecified atom stereocenters. The van der Waals surface area contributed by atoms with Gasteiger partial charge in [-0.25, -0.2) is 18.2 Å². The van der Waals surface area contributed by atoms with E-state index in [4.69, 9.17) is 0 Å². The topological polar surface area (TPSA) is 127 Å². The van der Waals surface area contributed by atoms with Crippen LogP contribution in [-0.4, -0.2) is 45.8 Å². The van der Waals surface area contributed by atoms with Gasteiger partial charge in [-0.3, -0.25) is 9.59 Å². The third-order valence-corrected chi connectivity index (χ3v) is 6.53. The number of nitrogens with zero attached hydrogens (tertiary/aromatic N) is 3. The molecule has 3 heterocycles. The molecule has 1 aromatic carbocycles. The van der Waals surface area contributed by atoms with Gasteiger partial charge in [0.25, 0.3) is 5.56 Å². The molecule has 0 bridgehead atoms. The second-order valence-corrected chi connectivity index (χ2v) is 9.17. The van der Waals surface area contributed by atoms with Crippen LogP contribution in [0.4, 0.5) is 5.82 Å². The highest BCUT2D eigenvalue weighted by Crippen LogP contribution is 2.27. The first kappa shape index (κ1) is 18.4. The predicted octanol–water partition coefficient (Wildman–Crippen LogP) is 0.969. The molecule has 0 radical (unpaired) electrons. The molecule has 2 N–H and O–H groups in total. The molecule has 10 heteroatoms. The molecule has 0 saturated carbocycles. The van der Waals surface area contributed by atoms with Crippen molar-refractivity contribution in [3.05, 3.63) is 52.1 Å². The van der Waals surface area contributed by atoms with Crippen LogP contribution in [0, 0.1) is 6.92 Å². The molecule has 2 aromatic heterocycles. The van der Waals surface area contributed by atoms with Gasteiger partial charge in [-0.15, -0.1) is 0 Å². The summed E-state index contributed by atoms with van der Waals surface area (Å²) in [5, 5.41) is 14.7. The van der Waals surface area contributed by atoms with Crippen LogP contribution in [0.2, 0.25) is 0 Å². The molecule has 146 valence electrons. The second-order valence-electron chi connectivity index (χ2n) is 6.94. The first-order valence-corrected chi connectivity index (χ1v) is 10.7. The molecule has 4 rings (SSSR count). The van der Waals surface area contributed by atoms with Gasteiger partial charge in [0.2, 0.25) is 5.91 Å². The third-order valence-electron chi connectivity index (χ3n) is 4.78. The van der Waals surface area contributed by atoms with E-state index in [1.54, 1.807) is 41.9 Å². The summed E-state index contributed by atoms with van der Waals surface area (Å²) < 4.78 is 25.1. The van der Waals surface area contributed by atoms with Crippen molar-refractivity contribution in [2.45, 2.75) is 25.8 Å². The summed E-state index contributed by atoms with van der Waals surface area (Å²) in [6, 6.07) is 8.37. The Labute approximate surface area is 160 Å². The zero-order valence-corrected chi connectivity index (χ0v) is 16.0. The number of nitrogens with one attached hydrogen (secondary N) is 2. The largest absolute Gasteiger partial charge is 0.311 e. The van der Waals surface area contributed by atoms with Crippen LogP contribution in [0.1, 0.15) is 23.9 Å². The third kappa shape index (κ3) is 3.55. The quantitative estimate of drug-likeness (QED) is 0.671. The summed E-state index contributed by atoms with van der Waals surface area (Å²) in [4.78, 5) is 24.5. The van der Waals surface area contributed by atoms with E-state index in [-0.39, 0.29) is 35.4 Å². The first-order valence-electron chi connectivity index (χ1n) is 8.85. The number of hydrogen-bond donors (Lipinski definition) is 2. The predicted molar refractivity (Wildman–Crippen MR) is 104 cm³/mol. The summed E-state index contributed by atoms with van der Waals surface area (Å²) >= 11 is 0. The lowest BCUT2D eigenvalue weighted by Crippen LogP contribution is -2.22. The number of aromatic amines is 1. The number of aromatic nitrogens is 4. The summed E-state index contributed by atoms with van der Waals surface area (Å²) in [7, 11) is -3.07. The average molecular weight is 401 g/mol. The van der Waals surface area contributed by atoms with Gasteiger partial charge in [-0.05, 0) is 19.4 Å². The fraction of sp³-hybridized carbons (Fsp3) is 0.333. The Hall–Kier alpha value is -3.01. The fourth-order valence-corrected chi connectivity index (χ4v) is 5.19. The minimum absolute atomic E-state index is 0.0170. The standard InChI is InChI=1S/C18H19N5O4S/c1-11-8-16(23(22-11)12-6-7-28(26,27)10-12)19-17(24)9-15-13-4-2-3-5-14(13)18(25)21-20-15/h2-5,8,12H,6-7,9-10H2,1H3,(H,19,24)(H,21,25)/t12-/m1/s1. The molecule has 0 aliphatic carbocycles. The van der Waals surface area contributed by atoms with E-state index in [9.17, 15) is 18.0 Å². The molecule has 1 aliphatic rings. The molecule has 1 atom stereocenters. The number of amides is 1. The van der Waals surface area contributed by atoms with Crippen molar-refractivity contribution in [2.24, 2.45) is 0 Å². The normalized spacial score (nSPS) is 18.4. The number of anilines is 1. The summed E-state index contributed by atoms with van der Waals surface area (Å²) in [6.07, 6.45) is 0.433. The summed E-state index contributed by atoms with van der Waals surface area (Å²) in [5.74, 6) is 0.269. The molecular formula is C18H19N5O4S. The number of benzene rings is 1. The maximum atomic E-state index is 12.6. The highest BCUT2D eigenvalue weighted by Gasteiger charge is 2.31. The molecule has 0 spiro atoms. The number of fused-ring (bicyclic) bond motifs is 1. The highest BCUT2D eigenvalue weighted by atomic mass is 32.2. The molecule has 1 aliphatic heterocycles. The zero-order valence-electron chi connectivity index (χ0n) is 15.2. The fourth-order valence-electron chi connectivity index (χ4n) is 3.50. The van der Waals surface area contributed by atoms with Gasteiger partial charge in [0.15, 0.2) is 9.84 Å². The van der Waals surface area contributed by atoms with Gasteiger partial charge in [-0.1, -0.05) is 18.2 Å². The lowest BCUT2D eigenvalue weighted by molar-refractivity contribution is -0.115. The van der Waals surface area contributed by atoms with Gasteiger partial charge in [-0.2, -0.15) is 10.2 Å². The van der Waals surface area contributed by atoms with E-state index < -0.39 is 9.84 Å². The minimum Gasteiger partial charge on any atom is -0.311 e. The summed E-state index contributed by atoms with van der Waals surface area (Å²) in [5.41, 5.74) is 0.835. The Morgan fingerprint density at radius 2 is 2.07 bits per heavy atom. The SMILES string of the molecule is Cc1cc(NC(=O)Cc2n[nH]c(=O)c3ccccc23)n([C@@H]2CCS(=O)(=O)C2)n1. The van der Waals surface area contributed by atoms with Crippen LogP contribution < -0.4 is 10.9 Å². The Kier molecular flexibility index (Phi) is 4.50. The maximum Gasteiger partial charge on any atom is 0.272 e. The van der Waals surface area contributed by atoms with Crippen molar-refractivity contribution in [3.63, 3.8) is 0 Å². The van der Waals surface area contributed by atoms with Crippen LogP contribution in [-0.2, 0) is 21.1 Å². The van der Waals surface area contributed by atoms with Crippen molar-refractivity contribution < 1.29 is 13.2 Å². The number of carbonyl (C=O) groups is 1. The lowest BCUT2D eigenvalue weighted by atomic mass is 10.1. The average Bonchev–Trinajstić information content (AvgIpc) is 3.19. The van der Waals surface area contributed by atoms with Crippen LogP contribution in [0.15, 0.2) is 35.1 Å². The number of sulfone groups is 1. The van der Waals surface area contributed by atoms with Crippen molar-refractivity contribution in [3.8, 4) is 0 Å². The molecule has 3 aromatic rings. The van der Waals surface area contributed by atoms with Crippen LogP contribution in [0.5, 0.6) is 0 Å². The molecule has 1 saturated heterocycles. The molecule has 1 fully saturated rings. The highest BCUT2D eigenvalue weighted by molar-refractivity contribution is 7.91. The van der Waals surface area contributed by atoms with E-state index in [1.165, 1.54) is 0 Å². The smallest absolute Gasteiger partial charge is 0.272 e. The number of rotatable bonds is 4. The van der Waals surface area contributed by atoms with Gasteiger partial charge >= 0.3 is 0 Å². The minimum atomic E-state index is -3.07.